The first-order chi connectivity index (χ1) is 18.1. The lowest BCUT2D eigenvalue weighted by Gasteiger charge is -2.13. The van der Waals surface area contributed by atoms with E-state index in [0.717, 1.165) is 4.90 Å². The summed E-state index contributed by atoms with van der Waals surface area (Å²) in [5.41, 5.74) is 1.67. The van der Waals surface area contributed by atoms with Gasteiger partial charge in [-0.05, 0) is 71.9 Å². The van der Waals surface area contributed by atoms with E-state index in [4.69, 9.17) is 55.9 Å². The Kier molecular flexibility index (Phi) is 9.12. The summed E-state index contributed by atoms with van der Waals surface area (Å²) in [6, 6.07) is 14.8. The van der Waals surface area contributed by atoms with Gasteiger partial charge in [0, 0.05) is 21.3 Å². The van der Waals surface area contributed by atoms with Crippen molar-refractivity contribution < 1.29 is 23.9 Å². The lowest BCUT2D eigenvalue weighted by Crippen LogP contribution is -2.36. The molecule has 0 aliphatic carbocycles. The quantitative estimate of drug-likeness (QED) is 0.265. The van der Waals surface area contributed by atoms with E-state index in [-0.39, 0.29) is 27.3 Å². The number of hydrogen-bond donors (Lipinski definition) is 1. The summed E-state index contributed by atoms with van der Waals surface area (Å²) < 4.78 is 10.8. The number of ether oxygens (including phenoxy) is 2. The number of imide groups is 1. The van der Waals surface area contributed by atoms with E-state index in [0.29, 0.717) is 44.4 Å². The number of amides is 3. The van der Waals surface area contributed by atoms with E-state index in [1.54, 1.807) is 54.6 Å². The van der Waals surface area contributed by atoms with Crippen molar-refractivity contribution >= 4 is 87.0 Å². The molecule has 1 aliphatic rings. The van der Waals surface area contributed by atoms with Gasteiger partial charge in [0.1, 0.15) is 18.9 Å². The number of rotatable bonds is 8. The van der Waals surface area contributed by atoms with Crippen LogP contribution in [0.3, 0.4) is 0 Å². The van der Waals surface area contributed by atoms with E-state index >= 15 is 0 Å². The number of carbonyl (C=O) groups excluding carboxylic acids is 3. The monoisotopic (exact) mass is 610 g/mol. The predicted molar refractivity (Wildman–Crippen MR) is 152 cm³/mol. The van der Waals surface area contributed by atoms with E-state index in [1.807, 2.05) is 0 Å². The topological polar surface area (TPSA) is 84.9 Å². The zero-order valence-corrected chi connectivity index (χ0v) is 23.4. The molecule has 3 aromatic rings. The molecule has 1 N–H and O–H groups in total. The number of hydrogen-bond acceptors (Lipinski definition) is 6. The summed E-state index contributed by atoms with van der Waals surface area (Å²) in [6.45, 7) is -0.331. The molecule has 3 amide bonds. The Morgan fingerprint density at radius 3 is 2.29 bits per heavy atom. The van der Waals surface area contributed by atoms with Gasteiger partial charge in [-0.1, -0.05) is 52.5 Å². The number of anilines is 1. The van der Waals surface area contributed by atoms with Crippen LogP contribution in [0.15, 0.2) is 59.5 Å². The SMILES string of the molecule is COc1ccc(NC(=O)CN2C(=O)S/C(=C/c3cc(Cl)c(OCc4ccc(Cl)cc4Cl)c(Cl)c3)C2=O)cc1. The molecule has 1 fully saturated rings. The second-order valence-electron chi connectivity index (χ2n) is 7.88. The highest BCUT2D eigenvalue weighted by Crippen LogP contribution is 2.38. The molecular formula is C26H18Cl4N2O5S. The Morgan fingerprint density at radius 2 is 1.66 bits per heavy atom. The van der Waals surface area contributed by atoms with Gasteiger partial charge in [0.15, 0.2) is 5.75 Å². The molecule has 1 saturated heterocycles. The summed E-state index contributed by atoms with van der Waals surface area (Å²) in [5.74, 6) is -0.258. The van der Waals surface area contributed by atoms with Crippen molar-refractivity contribution in [2.24, 2.45) is 0 Å². The minimum atomic E-state index is -0.602. The molecule has 7 nitrogen and oxygen atoms in total. The summed E-state index contributed by atoms with van der Waals surface area (Å²) >= 11 is 25.6. The second-order valence-corrected chi connectivity index (χ2v) is 10.5. The largest absolute Gasteiger partial charge is 0.497 e. The maximum absolute atomic E-state index is 12.9. The van der Waals surface area contributed by atoms with Crippen LogP contribution in [0.2, 0.25) is 20.1 Å². The molecule has 196 valence electrons. The molecule has 0 bridgehead atoms. The minimum Gasteiger partial charge on any atom is -0.497 e. The van der Waals surface area contributed by atoms with Gasteiger partial charge in [-0.25, -0.2) is 0 Å². The van der Waals surface area contributed by atoms with Gasteiger partial charge in [-0.15, -0.1) is 0 Å². The third kappa shape index (κ3) is 6.76. The molecule has 12 heteroatoms. The first-order valence-electron chi connectivity index (χ1n) is 10.9. The number of nitrogens with one attached hydrogen (secondary N) is 1. The molecule has 4 rings (SSSR count). The fraction of sp³-hybridized carbons (Fsp3) is 0.115. The molecule has 1 aliphatic heterocycles. The van der Waals surface area contributed by atoms with Crippen molar-refractivity contribution in [2.45, 2.75) is 6.61 Å². The Morgan fingerprint density at radius 1 is 0.974 bits per heavy atom. The van der Waals surface area contributed by atoms with Crippen LogP contribution >= 0.6 is 58.2 Å². The zero-order chi connectivity index (χ0) is 27.4. The van der Waals surface area contributed by atoms with Gasteiger partial charge in [-0.2, -0.15) is 0 Å². The van der Waals surface area contributed by atoms with Crippen LogP contribution in [-0.2, 0) is 16.2 Å². The Bertz CT molecular complexity index is 1420. The molecule has 0 saturated carbocycles. The molecule has 0 radical (unpaired) electrons. The van der Waals surface area contributed by atoms with Crippen LogP contribution in [0, 0.1) is 0 Å². The zero-order valence-electron chi connectivity index (χ0n) is 19.6. The Hall–Kier alpha value is -2.88. The maximum Gasteiger partial charge on any atom is 0.294 e. The summed E-state index contributed by atoms with van der Waals surface area (Å²) in [7, 11) is 1.53. The van der Waals surface area contributed by atoms with E-state index in [9.17, 15) is 14.4 Å². The van der Waals surface area contributed by atoms with E-state index in [2.05, 4.69) is 5.32 Å². The molecule has 1 heterocycles. The molecule has 38 heavy (non-hydrogen) atoms. The standard InChI is InChI=1S/C26H18Cl4N2O5S/c1-36-18-6-4-17(5-7-18)31-23(33)12-32-25(34)22(38-26(32)35)10-14-8-20(29)24(21(30)9-14)37-13-15-2-3-16(27)11-19(15)28/h2-11H,12-13H2,1H3,(H,31,33)/b22-10+. The molecule has 0 spiro atoms. The Labute approximate surface area is 242 Å². The van der Waals surface area contributed by atoms with E-state index < -0.39 is 23.6 Å². The number of carbonyl (C=O) groups is 3. The van der Waals surface area contributed by atoms with Crippen molar-refractivity contribution in [3.8, 4) is 11.5 Å². The molecular weight excluding hydrogens is 594 g/mol. The minimum absolute atomic E-state index is 0.103. The molecule has 0 aromatic heterocycles. The first-order valence-corrected chi connectivity index (χ1v) is 13.2. The van der Waals surface area contributed by atoms with Crippen LogP contribution in [0.1, 0.15) is 11.1 Å². The molecule has 3 aromatic carbocycles. The third-order valence-electron chi connectivity index (χ3n) is 5.25. The van der Waals surface area contributed by atoms with Crippen LogP contribution in [0.25, 0.3) is 6.08 Å². The average molecular weight is 612 g/mol. The number of thioether (sulfide) groups is 1. The number of methoxy groups -OCH3 is 1. The highest BCUT2D eigenvalue weighted by Gasteiger charge is 2.36. The van der Waals surface area contributed by atoms with Crippen molar-refractivity contribution in [3.05, 3.63) is 90.7 Å². The molecule has 0 atom stereocenters. The van der Waals surface area contributed by atoms with Crippen LogP contribution in [0.4, 0.5) is 10.5 Å². The highest BCUT2D eigenvalue weighted by atomic mass is 35.5. The van der Waals surface area contributed by atoms with Crippen molar-refractivity contribution in [2.75, 3.05) is 19.0 Å². The van der Waals surface area contributed by atoms with Gasteiger partial charge >= 0.3 is 0 Å². The molecule has 0 unspecified atom stereocenters. The van der Waals surface area contributed by atoms with Gasteiger partial charge in [0.05, 0.1) is 22.1 Å². The Balaban J connectivity index is 1.43. The van der Waals surface area contributed by atoms with Crippen molar-refractivity contribution in [1.82, 2.24) is 4.90 Å². The predicted octanol–water partition coefficient (Wildman–Crippen LogP) is 7.56. The average Bonchev–Trinajstić information content (AvgIpc) is 3.12. The fourth-order valence-electron chi connectivity index (χ4n) is 3.40. The van der Waals surface area contributed by atoms with Crippen LogP contribution < -0.4 is 14.8 Å². The van der Waals surface area contributed by atoms with Crippen LogP contribution in [0.5, 0.6) is 11.5 Å². The normalized spacial score (nSPS) is 14.2. The fourth-order valence-corrected chi connectivity index (χ4v) is 5.31. The summed E-state index contributed by atoms with van der Waals surface area (Å²) in [6.07, 6.45) is 1.48. The van der Waals surface area contributed by atoms with Gasteiger partial charge in [-0.3, -0.25) is 19.3 Å². The van der Waals surface area contributed by atoms with Crippen molar-refractivity contribution in [1.29, 1.82) is 0 Å². The van der Waals surface area contributed by atoms with E-state index in [1.165, 1.54) is 13.2 Å². The van der Waals surface area contributed by atoms with Gasteiger partial charge in [0.25, 0.3) is 11.1 Å². The second kappa shape index (κ2) is 12.3. The first kappa shape index (κ1) is 28.1. The lowest BCUT2D eigenvalue weighted by molar-refractivity contribution is -0.127. The number of benzene rings is 3. The number of halogens is 4. The van der Waals surface area contributed by atoms with Crippen LogP contribution in [-0.4, -0.2) is 35.6 Å². The number of nitrogens with zero attached hydrogens (tertiary/aromatic N) is 1. The maximum atomic E-state index is 12.9. The third-order valence-corrected chi connectivity index (χ3v) is 7.31. The smallest absolute Gasteiger partial charge is 0.294 e. The highest BCUT2D eigenvalue weighted by molar-refractivity contribution is 8.18. The lowest BCUT2D eigenvalue weighted by atomic mass is 10.2. The van der Waals surface area contributed by atoms with Crippen molar-refractivity contribution in [3.63, 3.8) is 0 Å². The van der Waals surface area contributed by atoms with Gasteiger partial charge in [0.2, 0.25) is 5.91 Å². The van der Waals surface area contributed by atoms with Gasteiger partial charge < -0.3 is 14.8 Å². The summed E-state index contributed by atoms with van der Waals surface area (Å²) in [5, 5.41) is 3.42. The summed E-state index contributed by atoms with van der Waals surface area (Å²) in [4.78, 5) is 38.7.